The lowest BCUT2D eigenvalue weighted by atomic mass is 10.1. The van der Waals surface area contributed by atoms with Gasteiger partial charge in [0.1, 0.15) is 5.82 Å². The topological polar surface area (TPSA) is 30.7 Å². The van der Waals surface area contributed by atoms with Crippen molar-refractivity contribution in [2.24, 2.45) is 0 Å². The van der Waals surface area contributed by atoms with E-state index >= 15 is 0 Å². The van der Waals surface area contributed by atoms with Crippen molar-refractivity contribution in [1.82, 2.24) is 14.5 Å². The molecule has 0 atom stereocenters. The van der Waals surface area contributed by atoms with Crippen LogP contribution in [0.5, 0.6) is 0 Å². The summed E-state index contributed by atoms with van der Waals surface area (Å²) in [6.45, 7) is 2.75. The third-order valence-electron chi connectivity index (χ3n) is 4.38. The number of thioether (sulfide) groups is 1. The second-order valence-corrected chi connectivity index (χ2v) is 7.67. The molecular weight excluding hydrogens is 381 g/mol. The van der Waals surface area contributed by atoms with E-state index in [9.17, 15) is 4.39 Å². The molecule has 0 saturated heterocycles. The minimum atomic E-state index is -0.294. The molecule has 0 unspecified atom stereocenters. The van der Waals surface area contributed by atoms with Crippen molar-refractivity contribution >= 4 is 34.4 Å². The molecule has 0 aliphatic heterocycles. The van der Waals surface area contributed by atoms with Gasteiger partial charge in [0.2, 0.25) is 0 Å². The van der Waals surface area contributed by atoms with Gasteiger partial charge in [-0.1, -0.05) is 59.3 Å². The molecule has 4 aromatic rings. The SMILES string of the molecule is Cc1ccc(Cn2c(SCc3c(F)cccc3Cl)nc3ccncc32)cc1. The average Bonchev–Trinajstić information content (AvgIpc) is 3.01. The van der Waals surface area contributed by atoms with Crippen LogP contribution in [0.2, 0.25) is 5.02 Å². The summed E-state index contributed by atoms with van der Waals surface area (Å²) in [7, 11) is 0. The molecule has 2 heterocycles. The van der Waals surface area contributed by atoms with Crippen molar-refractivity contribution in [2.75, 3.05) is 0 Å². The molecule has 136 valence electrons. The molecule has 0 saturated carbocycles. The van der Waals surface area contributed by atoms with Crippen LogP contribution in [0.1, 0.15) is 16.7 Å². The van der Waals surface area contributed by atoms with Crippen LogP contribution < -0.4 is 0 Å². The first-order valence-electron chi connectivity index (χ1n) is 8.53. The van der Waals surface area contributed by atoms with Crippen molar-refractivity contribution in [2.45, 2.75) is 24.4 Å². The third kappa shape index (κ3) is 3.84. The van der Waals surface area contributed by atoms with Crippen LogP contribution in [0.15, 0.2) is 66.1 Å². The fraction of sp³-hybridized carbons (Fsp3) is 0.143. The van der Waals surface area contributed by atoms with Crippen LogP contribution in [0, 0.1) is 12.7 Å². The number of aromatic nitrogens is 3. The number of fused-ring (bicyclic) bond motifs is 1. The summed E-state index contributed by atoms with van der Waals surface area (Å²) >= 11 is 7.64. The van der Waals surface area contributed by atoms with E-state index in [-0.39, 0.29) is 5.82 Å². The highest BCUT2D eigenvalue weighted by Gasteiger charge is 2.14. The van der Waals surface area contributed by atoms with Gasteiger partial charge < -0.3 is 4.57 Å². The molecule has 3 nitrogen and oxygen atoms in total. The molecule has 27 heavy (non-hydrogen) atoms. The Labute approximate surface area is 166 Å². The fourth-order valence-electron chi connectivity index (χ4n) is 2.89. The summed E-state index contributed by atoms with van der Waals surface area (Å²) in [5.74, 6) is 0.119. The second kappa shape index (κ2) is 7.71. The molecule has 4 rings (SSSR count). The molecule has 0 aliphatic rings. The minimum absolute atomic E-state index is 0.294. The molecule has 0 N–H and O–H groups in total. The highest BCUT2D eigenvalue weighted by molar-refractivity contribution is 7.98. The number of benzene rings is 2. The zero-order valence-electron chi connectivity index (χ0n) is 14.7. The van der Waals surface area contributed by atoms with Crippen molar-refractivity contribution in [3.05, 3.63) is 88.5 Å². The molecule has 0 spiro atoms. The molecule has 2 aromatic heterocycles. The van der Waals surface area contributed by atoms with E-state index in [1.54, 1.807) is 18.3 Å². The van der Waals surface area contributed by atoms with E-state index in [0.29, 0.717) is 22.9 Å². The van der Waals surface area contributed by atoms with Crippen molar-refractivity contribution < 1.29 is 4.39 Å². The monoisotopic (exact) mass is 397 g/mol. The number of rotatable bonds is 5. The van der Waals surface area contributed by atoms with Crippen LogP contribution in [-0.2, 0) is 12.3 Å². The van der Waals surface area contributed by atoms with Gasteiger partial charge in [-0.2, -0.15) is 0 Å². The zero-order valence-corrected chi connectivity index (χ0v) is 16.3. The summed E-state index contributed by atoms with van der Waals surface area (Å²) in [6, 6.07) is 15.1. The van der Waals surface area contributed by atoms with Crippen molar-refractivity contribution in [1.29, 1.82) is 0 Å². The Morgan fingerprint density at radius 1 is 1.11 bits per heavy atom. The third-order valence-corrected chi connectivity index (χ3v) is 5.74. The van der Waals surface area contributed by atoms with Gasteiger partial charge in [0.05, 0.1) is 23.8 Å². The van der Waals surface area contributed by atoms with Gasteiger partial charge in [0.15, 0.2) is 5.16 Å². The van der Waals surface area contributed by atoms with Crippen LogP contribution in [0.4, 0.5) is 4.39 Å². The van der Waals surface area contributed by atoms with Gasteiger partial charge in [-0.05, 0) is 30.7 Å². The Balaban J connectivity index is 1.68. The second-order valence-electron chi connectivity index (χ2n) is 6.32. The molecule has 0 bridgehead atoms. The highest BCUT2D eigenvalue weighted by atomic mass is 35.5. The lowest BCUT2D eigenvalue weighted by molar-refractivity contribution is 0.617. The molecule has 0 radical (unpaired) electrons. The average molecular weight is 398 g/mol. The van der Waals surface area contributed by atoms with Gasteiger partial charge in [0.25, 0.3) is 0 Å². The molecule has 2 aromatic carbocycles. The van der Waals surface area contributed by atoms with Crippen LogP contribution in [0.3, 0.4) is 0 Å². The quantitative estimate of drug-likeness (QED) is 0.394. The summed E-state index contributed by atoms with van der Waals surface area (Å²) in [5, 5.41) is 1.25. The molecule has 0 fully saturated rings. The first-order valence-corrected chi connectivity index (χ1v) is 9.89. The fourth-order valence-corrected chi connectivity index (χ4v) is 4.25. The normalized spacial score (nSPS) is 11.2. The van der Waals surface area contributed by atoms with Crippen molar-refractivity contribution in [3.8, 4) is 0 Å². The zero-order chi connectivity index (χ0) is 18.8. The smallest absolute Gasteiger partial charge is 0.169 e. The van der Waals surface area contributed by atoms with E-state index in [0.717, 1.165) is 16.2 Å². The van der Waals surface area contributed by atoms with Crippen LogP contribution in [0.25, 0.3) is 11.0 Å². The number of hydrogen-bond acceptors (Lipinski definition) is 3. The largest absolute Gasteiger partial charge is 0.313 e. The van der Waals surface area contributed by atoms with E-state index in [1.165, 1.54) is 29.0 Å². The van der Waals surface area contributed by atoms with Gasteiger partial charge in [-0.15, -0.1) is 0 Å². The van der Waals surface area contributed by atoms with Gasteiger partial charge in [-0.3, -0.25) is 4.98 Å². The van der Waals surface area contributed by atoms with Crippen molar-refractivity contribution in [3.63, 3.8) is 0 Å². The first-order chi connectivity index (χ1) is 13.1. The number of nitrogens with zero attached hydrogens (tertiary/aromatic N) is 3. The number of hydrogen-bond donors (Lipinski definition) is 0. The number of imidazole rings is 1. The summed E-state index contributed by atoms with van der Waals surface area (Å²) < 4.78 is 16.2. The maximum absolute atomic E-state index is 14.1. The molecular formula is C21H17ClFN3S. The lowest BCUT2D eigenvalue weighted by Gasteiger charge is -2.10. The van der Waals surface area contributed by atoms with Gasteiger partial charge >= 0.3 is 0 Å². The maximum Gasteiger partial charge on any atom is 0.169 e. The first kappa shape index (κ1) is 18.0. The molecule has 6 heteroatoms. The number of pyridine rings is 1. The lowest BCUT2D eigenvalue weighted by Crippen LogP contribution is -2.02. The highest BCUT2D eigenvalue weighted by Crippen LogP contribution is 2.30. The predicted octanol–water partition coefficient (Wildman–Crippen LogP) is 5.87. The van der Waals surface area contributed by atoms with E-state index < -0.39 is 0 Å². The van der Waals surface area contributed by atoms with E-state index in [1.807, 2.05) is 12.3 Å². The predicted molar refractivity (Wildman–Crippen MR) is 109 cm³/mol. The molecule has 0 aliphatic carbocycles. The Morgan fingerprint density at radius 3 is 2.70 bits per heavy atom. The van der Waals surface area contributed by atoms with Gasteiger partial charge in [0, 0.05) is 22.5 Å². The summed E-state index contributed by atoms with van der Waals surface area (Å²) in [4.78, 5) is 8.96. The van der Waals surface area contributed by atoms with Gasteiger partial charge in [-0.25, -0.2) is 9.37 Å². The minimum Gasteiger partial charge on any atom is -0.313 e. The van der Waals surface area contributed by atoms with E-state index in [4.69, 9.17) is 16.6 Å². The Hall–Kier alpha value is -2.37. The van der Waals surface area contributed by atoms with Crippen LogP contribution in [-0.4, -0.2) is 14.5 Å². The Bertz CT molecular complexity index is 1070. The number of halogens is 2. The summed E-state index contributed by atoms with van der Waals surface area (Å²) in [6.07, 6.45) is 3.55. The van der Waals surface area contributed by atoms with E-state index in [2.05, 4.69) is 40.7 Å². The maximum atomic E-state index is 14.1. The standard InChI is InChI=1S/C21H17ClFN3S/c1-14-5-7-15(8-6-14)12-26-20-11-24-10-9-19(20)25-21(26)27-13-16-17(22)3-2-4-18(16)23/h2-11H,12-13H2,1H3. The Morgan fingerprint density at radius 2 is 1.93 bits per heavy atom. The Kier molecular flexibility index (Phi) is 5.14. The summed E-state index contributed by atoms with van der Waals surface area (Å²) in [5.41, 5.74) is 4.73. The molecule has 0 amide bonds. The number of aryl methyl sites for hydroxylation is 1. The van der Waals surface area contributed by atoms with Crippen LogP contribution >= 0.6 is 23.4 Å².